The van der Waals surface area contributed by atoms with Crippen LogP contribution in [-0.2, 0) is 6.42 Å². The molecule has 146 valence electrons. The lowest BCUT2D eigenvalue weighted by Gasteiger charge is -2.20. The molecule has 0 radical (unpaired) electrons. The lowest BCUT2D eigenvalue weighted by molar-refractivity contribution is 0.550. The topological polar surface area (TPSA) is 12.0 Å². The molecule has 0 aliphatic heterocycles. The fourth-order valence-electron chi connectivity index (χ4n) is 3.64. The number of unbranched alkanes of at least 4 members (excludes halogenated alkanes) is 3. The maximum absolute atomic E-state index is 3.79. The highest BCUT2D eigenvalue weighted by Crippen LogP contribution is 2.22. The summed E-state index contributed by atoms with van der Waals surface area (Å²) in [4.78, 5) is 0. The molecule has 1 nitrogen and oxygen atoms in total. The molecule has 0 aliphatic rings. The Morgan fingerprint density at radius 3 is 1.86 bits per heavy atom. The molecular weight excluding hydrogens is 338 g/mol. The van der Waals surface area contributed by atoms with Gasteiger partial charge in [-0.15, -0.1) is 0 Å². The lowest BCUT2D eigenvalue weighted by atomic mass is 9.97. The van der Waals surface area contributed by atoms with Crippen LogP contribution in [0.25, 0.3) is 0 Å². The molecule has 3 rings (SSSR count). The molecule has 0 heterocycles. The van der Waals surface area contributed by atoms with Crippen LogP contribution in [0.1, 0.15) is 59.5 Å². The Labute approximate surface area is 170 Å². The first kappa shape index (κ1) is 20.4. The third kappa shape index (κ3) is 6.35. The minimum absolute atomic E-state index is 0.273. The molecule has 1 heteroatoms. The van der Waals surface area contributed by atoms with Gasteiger partial charge in [-0.2, -0.15) is 0 Å². The maximum Gasteiger partial charge on any atom is 0.0576 e. The Balaban J connectivity index is 1.44. The van der Waals surface area contributed by atoms with E-state index in [1.165, 1.54) is 59.9 Å². The third-order valence-electron chi connectivity index (χ3n) is 5.40. The van der Waals surface area contributed by atoms with Crippen LogP contribution >= 0.6 is 0 Å². The molecule has 0 spiro atoms. The monoisotopic (exact) mass is 371 g/mol. The molecule has 0 saturated carbocycles. The summed E-state index contributed by atoms with van der Waals surface area (Å²) in [6, 6.07) is 28.9. The van der Waals surface area contributed by atoms with Gasteiger partial charge in [0.2, 0.25) is 0 Å². The normalized spacial score (nSPS) is 12.1. The highest BCUT2D eigenvalue weighted by atomic mass is 14.9. The van der Waals surface area contributed by atoms with E-state index in [0.29, 0.717) is 0 Å². The second-order valence-corrected chi connectivity index (χ2v) is 7.86. The fraction of sp³-hybridized carbons (Fsp3) is 0.333. The molecule has 0 fully saturated rings. The Bertz CT molecular complexity index is 803. The van der Waals surface area contributed by atoms with Gasteiger partial charge >= 0.3 is 0 Å². The molecule has 3 aromatic carbocycles. The van der Waals surface area contributed by atoms with Crippen LogP contribution in [0.4, 0.5) is 0 Å². The predicted octanol–water partition coefficient (Wildman–Crippen LogP) is 6.79. The first-order valence-electron chi connectivity index (χ1n) is 10.6. The van der Waals surface area contributed by atoms with Crippen molar-refractivity contribution < 1.29 is 0 Å². The summed E-state index contributed by atoms with van der Waals surface area (Å²) in [5, 5.41) is 3.79. The summed E-state index contributed by atoms with van der Waals surface area (Å²) in [7, 11) is 0. The largest absolute Gasteiger partial charge is 0.306 e. The van der Waals surface area contributed by atoms with Gasteiger partial charge in [0.25, 0.3) is 0 Å². The van der Waals surface area contributed by atoms with Crippen molar-refractivity contribution in [3.63, 3.8) is 0 Å². The Kier molecular flexibility index (Phi) is 7.87. The van der Waals surface area contributed by atoms with Crippen LogP contribution < -0.4 is 5.32 Å². The van der Waals surface area contributed by atoms with Crippen molar-refractivity contribution in [3.05, 3.63) is 107 Å². The molecule has 0 bridgehead atoms. The number of nitrogens with one attached hydrogen (secondary N) is 1. The van der Waals surface area contributed by atoms with E-state index in [1.54, 1.807) is 0 Å². The van der Waals surface area contributed by atoms with E-state index < -0.39 is 0 Å². The van der Waals surface area contributed by atoms with Crippen molar-refractivity contribution in [2.24, 2.45) is 0 Å². The Morgan fingerprint density at radius 1 is 0.607 bits per heavy atom. The SMILES string of the molecule is Cc1ccc(CCCCCCNC(c2ccccc2)c2ccc(C)cc2)cc1. The minimum atomic E-state index is 0.273. The number of hydrogen-bond donors (Lipinski definition) is 1. The van der Waals surface area contributed by atoms with Gasteiger partial charge in [0, 0.05) is 0 Å². The molecule has 1 atom stereocenters. The number of benzene rings is 3. The summed E-state index contributed by atoms with van der Waals surface area (Å²) in [5.74, 6) is 0. The van der Waals surface area contributed by atoms with E-state index in [2.05, 4.69) is 98.0 Å². The number of hydrogen-bond acceptors (Lipinski definition) is 1. The smallest absolute Gasteiger partial charge is 0.0576 e. The van der Waals surface area contributed by atoms with Crippen molar-refractivity contribution in [3.8, 4) is 0 Å². The van der Waals surface area contributed by atoms with E-state index in [1.807, 2.05) is 0 Å². The Hall–Kier alpha value is -2.38. The van der Waals surface area contributed by atoms with Crippen molar-refractivity contribution in [2.45, 2.75) is 52.0 Å². The highest BCUT2D eigenvalue weighted by Gasteiger charge is 2.12. The van der Waals surface area contributed by atoms with E-state index in [4.69, 9.17) is 0 Å². The van der Waals surface area contributed by atoms with E-state index >= 15 is 0 Å². The van der Waals surface area contributed by atoms with Gasteiger partial charge in [-0.25, -0.2) is 0 Å². The molecule has 0 aliphatic carbocycles. The van der Waals surface area contributed by atoms with E-state index in [-0.39, 0.29) is 6.04 Å². The molecule has 0 aromatic heterocycles. The first-order chi connectivity index (χ1) is 13.7. The van der Waals surface area contributed by atoms with Crippen LogP contribution in [0.3, 0.4) is 0 Å². The molecule has 0 saturated heterocycles. The van der Waals surface area contributed by atoms with Crippen LogP contribution in [0.15, 0.2) is 78.9 Å². The molecule has 28 heavy (non-hydrogen) atoms. The molecule has 0 amide bonds. The van der Waals surface area contributed by atoms with Gasteiger partial charge in [0.15, 0.2) is 0 Å². The highest BCUT2D eigenvalue weighted by molar-refractivity contribution is 5.33. The van der Waals surface area contributed by atoms with E-state index in [0.717, 1.165) is 6.54 Å². The van der Waals surface area contributed by atoms with Gasteiger partial charge in [0.1, 0.15) is 0 Å². The second kappa shape index (κ2) is 10.8. The van der Waals surface area contributed by atoms with Crippen LogP contribution in [-0.4, -0.2) is 6.54 Å². The van der Waals surface area contributed by atoms with Gasteiger partial charge < -0.3 is 5.32 Å². The standard InChI is InChI=1S/C27H33N/c1-22-13-17-24(18-14-22)10-6-3-4-9-21-28-27(25-11-7-5-8-12-25)26-19-15-23(2)16-20-26/h5,7-8,11-20,27-28H,3-4,6,9-10,21H2,1-2H3. The van der Waals surface area contributed by atoms with Crippen LogP contribution in [0.5, 0.6) is 0 Å². The average molecular weight is 372 g/mol. The Morgan fingerprint density at radius 2 is 1.18 bits per heavy atom. The van der Waals surface area contributed by atoms with Crippen LogP contribution in [0, 0.1) is 13.8 Å². The zero-order chi connectivity index (χ0) is 19.6. The van der Waals surface area contributed by atoms with Gasteiger partial charge in [-0.1, -0.05) is 103 Å². The number of rotatable bonds is 10. The lowest BCUT2D eigenvalue weighted by Crippen LogP contribution is -2.23. The first-order valence-corrected chi connectivity index (χ1v) is 10.6. The van der Waals surface area contributed by atoms with E-state index in [9.17, 15) is 0 Å². The quantitative estimate of drug-likeness (QED) is 0.387. The summed E-state index contributed by atoms with van der Waals surface area (Å²) in [5.41, 5.74) is 6.80. The van der Waals surface area contributed by atoms with Gasteiger partial charge in [-0.3, -0.25) is 0 Å². The zero-order valence-electron chi connectivity index (χ0n) is 17.3. The minimum Gasteiger partial charge on any atom is -0.306 e. The van der Waals surface area contributed by atoms with Crippen molar-refractivity contribution in [1.29, 1.82) is 0 Å². The van der Waals surface area contributed by atoms with Crippen molar-refractivity contribution in [2.75, 3.05) is 6.54 Å². The van der Waals surface area contributed by atoms with Gasteiger partial charge in [0.05, 0.1) is 6.04 Å². The summed E-state index contributed by atoms with van der Waals surface area (Å²) in [6.07, 6.45) is 6.29. The number of aryl methyl sites for hydroxylation is 3. The summed E-state index contributed by atoms with van der Waals surface area (Å²) >= 11 is 0. The molecule has 3 aromatic rings. The van der Waals surface area contributed by atoms with Crippen molar-refractivity contribution >= 4 is 0 Å². The second-order valence-electron chi connectivity index (χ2n) is 7.86. The maximum atomic E-state index is 3.79. The third-order valence-corrected chi connectivity index (χ3v) is 5.40. The molecule has 1 N–H and O–H groups in total. The fourth-order valence-corrected chi connectivity index (χ4v) is 3.64. The van der Waals surface area contributed by atoms with Gasteiger partial charge in [-0.05, 0) is 56.3 Å². The summed E-state index contributed by atoms with van der Waals surface area (Å²) in [6.45, 7) is 5.35. The zero-order valence-corrected chi connectivity index (χ0v) is 17.3. The molecular formula is C27H33N. The van der Waals surface area contributed by atoms with Crippen LogP contribution in [0.2, 0.25) is 0 Å². The predicted molar refractivity (Wildman–Crippen MR) is 121 cm³/mol. The van der Waals surface area contributed by atoms with Crippen molar-refractivity contribution in [1.82, 2.24) is 5.32 Å². The summed E-state index contributed by atoms with van der Waals surface area (Å²) < 4.78 is 0. The molecule has 1 unspecified atom stereocenters. The average Bonchev–Trinajstić information content (AvgIpc) is 2.73.